The minimum absolute atomic E-state index is 0.459. The summed E-state index contributed by atoms with van der Waals surface area (Å²) in [5.74, 6) is 0.459. The Kier molecular flexibility index (Phi) is 3.07. The molecule has 6 nitrogen and oxygen atoms in total. The van der Waals surface area contributed by atoms with Crippen molar-refractivity contribution < 1.29 is 4.42 Å². The summed E-state index contributed by atoms with van der Waals surface area (Å²) in [5.41, 5.74) is 4.82. The average Bonchev–Trinajstić information content (AvgIpc) is 3.33. The van der Waals surface area contributed by atoms with Crippen LogP contribution in [-0.4, -0.2) is 24.5 Å². The van der Waals surface area contributed by atoms with Gasteiger partial charge in [0.15, 0.2) is 0 Å². The predicted octanol–water partition coefficient (Wildman–Crippen LogP) is 4.78. The molecule has 5 aromatic heterocycles. The molecule has 0 aliphatic heterocycles. The molecule has 6 rings (SSSR count). The summed E-state index contributed by atoms with van der Waals surface area (Å²) in [6.45, 7) is 0. The topological polar surface area (TPSA) is 69.6 Å². The summed E-state index contributed by atoms with van der Waals surface area (Å²) in [5, 5.41) is 2.28. The second-order valence-corrected chi connectivity index (χ2v) is 6.48. The second-order valence-electron chi connectivity index (χ2n) is 6.48. The van der Waals surface area contributed by atoms with Gasteiger partial charge in [-0.1, -0.05) is 18.2 Å². The SMILES string of the molecule is c1cnc2oc(-c3ccc(-n4c5ccccc5c5cccnc54)cn3)nc2c1. The van der Waals surface area contributed by atoms with Gasteiger partial charge in [-0.2, -0.15) is 0 Å². The van der Waals surface area contributed by atoms with Crippen LogP contribution < -0.4 is 0 Å². The molecule has 0 aliphatic rings. The number of rotatable bonds is 2. The summed E-state index contributed by atoms with van der Waals surface area (Å²) >= 11 is 0. The molecule has 0 radical (unpaired) electrons. The van der Waals surface area contributed by atoms with Crippen molar-refractivity contribution >= 4 is 33.2 Å². The zero-order valence-corrected chi connectivity index (χ0v) is 14.6. The first-order chi connectivity index (χ1) is 13.9. The van der Waals surface area contributed by atoms with Crippen LogP contribution in [0.5, 0.6) is 0 Å². The summed E-state index contributed by atoms with van der Waals surface area (Å²) in [4.78, 5) is 17.8. The number of para-hydroxylation sites is 1. The van der Waals surface area contributed by atoms with Gasteiger partial charge >= 0.3 is 0 Å². The lowest BCUT2D eigenvalue weighted by Gasteiger charge is -2.06. The Labute approximate surface area is 159 Å². The second kappa shape index (κ2) is 5.72. The molecule has 0 atom stereocenters. The van der Waals surface area contributed by atoms with E-state index in [4.69, 9.17) is 4.42 Å². The van der Waals surface area contributed by atoms with E-state index in [9.17, 15) is 0 Å². The van der Waals surface area contributed by atoms with E-state index in [1.165, 1.54) is 5.39 Å². The highest BCUT2D eigenvalue weighted by Crippen LogP contribution is 2.30. The number of aromatic nitrogens is 5. The minimum atomic E-state index is 0.459. The number of fused-ring (bicyclic) bond motifs is 4. The van der Waals surface area contributed by atoms with Crippen molar-refractivity contribution in [3.63, 3.8) is 0 Å². The van der Waals surface area contributed by atoms with E-state index in [0.717, 1.165) is 27.8 Å². The normalized spacial score (nSPS) is 11.6. The van der Waals surface area contributed by atoms with Crippen molar-refractivity contribution in [1.29, 1.82) is 0 Å². The molecule has 0 bridgehead atoms. The zero-order chi connectivity index (χ0) is 18.5. The number of oxazole rings is 1. The number of benzene rings is 1. The van der Waals surface area contributed by atoms with E-state index in [1.807, 2.05) is 54.9 Å². The van der Waals surface area contributed by atoms with E-state index >= 15 is 0 Å². The highest BCUT2D eigenvalue weighted by molar-refractivity contribution is 6.07. The molecule has 132 valence electrons. The Morgan fingerprint density at radius 1 is 0.750 bits per heavy atom. The van der Waals surface area contributed by atoms with Gasteiger partial charge in [0.05, 0.1) is 17.4 Å². The quantitative estimate of drug-likeness (QED) is 0.443. The first-order valence-electron chi connectivity index (χ1n) is 8.91. The fourth-order valence-corrected chi connectivity index (χ4v) is 3.58. The predicted molar refractivity (Wildman–Crippen MR) is 107 cm³/mol. The molecule has 0 saturated carbocycles. The van der Waals surface area contributed by atoms with Crippen molar-refractivity contribution in [2.24, 2.45) is 0 Å². The van der Waals surface area contributed by atoms with Gasteiger partial charge in [-0.05, 0) is 42.5 Å². The monoisotopic (exact) mass is 363 g/mol. The van der Waals surface area contributed by atoms with E-state index in [2.05, 4.69) is 42.7 Å². The molecule has 5 heterocycles. The summed E-state index contributed by atoms with van der Waals surface area (Å²) in [6, 6.07) is 20.0. The maximum absolute atomic E-state index is 5.72. The molecule has 0 N–H and O–H groups in total. The van der Waals surface area contributed by atoms with Crippen LogP contribution in [0.3, 0.4) is 0 Å². The molecular formula is C22H13N5O. The van der Waals surface area contributed by atoms with Crippen LogP contribution in [0, 0.1) is 0 Å². The van der Waals surface area contributed by atoms with Crippen molar-refractivity contribution in [2.75, 3.05) is 0 Å². The standard InChI is InChI=1S/C22H13N5O/c1-2-8-19-15(5-1)16-6-3-11-23-20(16)27(19)14-9-10-17(25-13-14)22-26-18-7-4-12-24-21(18)28-22/h1-13H. The Hall–Kier alpha value is -4.06. The summed E-state index contributed by atoms with van der Waals surface area (Å²) < 4.78 is 7.84. The molecule has 0 unspecified atom stereocenters. The third-order valence-corrected chi connectivity index (χ3v) is 4.83. The van der Waals surface area contributed by atoms with Gasteiger partial charge in [-0.3, -0.25) is 4.57 Å². The van der Waals surface area contributed by atoms with E-state index in [1.54, 1.807) is 6.20 Å². The van der Waals surface area contributed by atoms with Gasteiger partial charge in [0.1, 0.15) is 16.9 Å². The Balaban J connectivity index is 1.52. The summed E-state index contributed by atoms with van der Waals surface area (Å²) in [7, 11) is 0. The van der Waals surface area contributed by atoms with Crippen molar-refractivity contribution in [1.82, 2.24) is 24.5 Å². The van der Waals surface area contributed by atoms with Gasteiger partial charge in [-0.15, -0.1) is 0 Å². The van der Waals surface area contributed by atoms with Crippen LogP contribution in [0.25, 0.3) is 50.4 Å². The maximum atomic E-state index is 5.72. The number of nitrogens with zero attached hydrogens (tertiary/aromatic N) is 5. The van der Waals surface area contributed by atoms with Crippen molar-refractivity contribution in [3.05, 3.63) is 79.3 Å². The van der Waals surface area contributed by atoms with Crippen LogP contribution in [0.2, 0.25) is 0 Å². The molecular weight excluding hydrogens is 350 g/mol. The lowest BCUT2D eigenvalue weighted by atomic mass is 10.2. The maximum Gasteiger partial charge on any atom is 0.248 e. The molecule has 0 aliphatic carbocycles. The molecule has 1 aromatic carbocycles. The van der Waals surface area contributed by atoms with Crippen molar-refractivity contribution in [2.45, 2.75) is 0 Å². The van der Waals surface area contributed by atoms with Crippen LogP contribution >= 0.6 is 0 Å². The Morgan fingerprint density at radius 2 is 1.61 bits per heavy atom. The molecule has 0 fully saturated rings. The van der Waals surface area contributed by atoms with Crippen LogP contribution in [0.15, 0.2) is 83.7 Å². The van der Waals surface area contributed by atoms with Gasteiger partial charge in [-0.25, -0.2) is 19.9 Å². The smallest absolute Gasteiger partial charge is 0.248 e. The van der Waals surface area contributed by atoms with E-state index in [-0.39, 0.29) is 0 Å². The molecule has 6 heteroatoms. The largest absolute Gasteiger partial charge is 0.416 e. The molecule has 0 amide bonds. The highest BCUT2D eigenvalue weighted by Gasteiger charge is 2.14. The highest BCUT2D eigenvalue weighted by atomic mass is 16.4. The third kappa shape index (κ3) is 2.15. The number of pyridine rings is 3. The van der Waals surface area contributed by atoms with Gasteiger partial charge in [0.2, 0.25) is 11.6 Å². The van der Waals surface area contributed by atoms with Gasteiger partial charge in [0, 0.05) is 23.2 Å². The Morgan fingerprint density at radius 3 is 2.50 bits per heavy atom. The third-order valence-electron chi connectivity index (χ3n) is 4.83. The Bertz CT molecular complexity index is 1380. The molecule has 0 spiro atoms. The van der Waals surface area contributed by atoms with Gasteiger partial charge in [0.25, 0.3) is 0 Å². The number of hydrogen-bond acceptors (Lipinski definition) is 5. The first-order valence-corrected chi connectivity index (χ1v) is 8.91. The van der Waals surface area contributed by atoms with Crippen LogP contribution in [-0.2, 0) is 0 Å². The summed E-state index contributed by atoms with van der Waals surface area (Å²) in [6.07, 6.45) is 5.31. The van der Waals surface area contributed by atoms with Crippen molar-refractivity contribution in [3.8, 4) is 17.3 Å². The number of hydrogen-bond donors (Lipinski definition) is 0. The molecule has 28 heavy (non-hydrogen) atoms. The molecule has 0 saturated heterocycles. The zero-order valence-electron chi connectivity index (χ0n) is 14.6. The molecule has 6 aromatic rings. The average molecular weight is 363 g/mol. The van der Waals surface area contributed by atoms with E-state index < -0.39 is 0 Å². The fraction of sp³-hybridized carbons (Fsp3) is 0. The van der Waals surface area contributed by atoms with Gasteiger partial charge < -0.3 is 4.42 Å². The van der Waals surface area contributed by atoms with Crippen LogP contribution in [0.1, 0.15) is 0 Å². The minimum Gasteiger partial charge on any atom is -0.416 e. The lowest BCUT2D eigenvalue weighted by molar-refractivity contribution is 0.605. The van der Waals surface area contributed by atoms with E-state index in [0.29, 0.717) is 17.3 Å². The first kappa shape index (κ1) is 15.0. The van der Waals surface area contributed by atoms with Crippen LogP contribution in [0.4, 0.5) is 0 Å². The lowest BCUT2D eigenvalue weighted by Crippen LogP contribution is -1.96. The fourth-order valence-electron chi connectivity index (χ4n) is 3.58.